The number of ether oxygens (including phenoxy) is 1. The predicted octanol–water partition coefficient (Wildman–Crippen LogP) is 2.94. The van der Waals surface area contributed by atoms with Crippen LogP contribution < -0.4 is 4.74 Å². The van der Waals surface area contributed by atoms with Crippen molar-refractivity contribution < 1.29 is 19.7 Å². The SMILES string of the molecule is CCCc1cc(OCCC(C)(C)O)c(C(=O)O)s1. The van der Waals surface area contributed by atoms with Crippen LogP contribution in [0.2, 0.25) is 0 Å². The Morgan fingerprint density at radius 1 is 1.50 bits per heavy atom. The fourth-order valence-electron chi connectivity index (χ4n) is 1.46. The topological polar surface area (TPSA) is 66.8 Å². The number of carboxylic acids is 1. The molecule has 0 fully saturated rings. The molecule has 2 N–H and O–H groups in total. The van der Waals surface area contributed by atoms with Gasteiger partial charge in [-0.05, 0) is 26.3 Å². The first-order chi connectivity index (χ1) is 8.33. The third-order valence-corrected chi connectivity index (χ3v) is 3.58. The van der Waals surface area contributed by atoms with E-state index < -0.39 is 11.6 Å². The summed E-state index contributed by atoms with van der Waals surface area (Å²) >= 11 is 1.26. The van der Waals surface area contributed by atoms with E-state index in [1.54, 1.807) is 19.9 Å². The summed E-state index contributed by atoms with van der Waals surface area (Å²) in [5, 5.41) is 18.7. The van der Waals surface area contributed by atoms with Crippen molar-refractivity contribution in [1.82, 2.24) is 0 Å². The summed E-state index contributed by atoms with van der Waals surface area (Å²) < 4.78 is 5.47. The Morgan fingerprint density at radius 2 is 2.17 bits per heavy atom. The van der Waals surface area contributed by atoms with Crippen molar-refractivity contribution in [2.75, 3.05) is 6.61 Å². The maximum absolute atomic E-state index is 11.1. The Labute approximate surface area is 111 Å². The van der Waals surface area contributed by atoms with E-state index >= 15 is 0 Å². The van der Waals surface area contributed by atoms with E-state index in [9.17, 15) is 9.90 Å². The van der Waals surface area contributed by atoms with Gasteiger partial charge in [0.15, 0.2) is 4.88 Å². The molecule has 0 radical (unpaired) electrons. The highest BCUT2D eigenvalue weighted by molar-refractivity contribution is 7.14. The largest absolute Gasteiger partial charge is 0.492 e. The minimum atomic E-state index is -0.958. The van der Waals surface area contributed by atoms with Gasteiger partial charge in [-0.15, -0.1) is 11.3 Å². The third kappa shape index (κ3) is 4.66. The number of hydrogen-bond donors (Lipinski definition) is 2. The van der Waals surface area contributed by atoms with Crippen LogP contribution in [0.3, 0.4) is 0 Å². The van der Waals surface area contributed by atoms with Gasteiger partial charge < -0.3 is 14.9 Å². The first kappa shape index (κ1) is 15.0. The molecule has 0 spiro atoms. The van der Waals surface area contributed by atoms with E-state index in [0.29, 0.717) is 18.8 Å². The molecule has 0 bridgehead atoms. The van der Waals surface area contributed by atoms with Crippen LogP contribution in [0.25, 0.3) is 0 Å². The van der Waals surface area contributed by atoms with Gasteiger partial charge >= 0.3 is 5.97 Å². The molecule has 0 saturated carbocycles. The van der Waals surface area contributed by atoms with E-state index in [4.69, 9.17) is 9.84 Å². The first-order valence-electron chi connectivity index (χ1n) is 6.04. The van der Waals surface area contributed by atoms with E-state index in [1.165, 1.54) is 11.3 Å². The molecule has 0 aliphatic heterocycles. The molecule has 5 heteroatoms. The Balaban J connectivity index is 2.71. The van der Waals surface area contributed by atoms with Crippen molar-refractivity contribution in [3.63, 3.8) is 0 Å². The van der Waals surface area contributed by atoms with Crippen LogP contribution in [0.1, 0.15) is 48.2 Å². The van der Waals surface area contributed by atoms with Crippen molar-refractivity contribution in [2.24, 2.45) is 0 Å². The van der Waals surface area contributed by atoms with Crippen LogP contribution in [0, 0.1) is 0 Å². The van der Waals surface area contributed by atoms with Crippen LogP contribution in [0.15, 0.2) is 6.07 Å². The van der Waals surface area contributed by atoms with Gasteiger partial charge in [-0.1, -0.05) is 13.3 Å². The van der Waals surface area contributed by atoms with Crippen molar-refractivity contribution in [1.29, 1.82) is 0 Å². The zero-order valence-electron chi connectivity index (χ0n) is 11.0. The van der Waals surface area contributed by atoms with Gasteiger partial charge in [0.25, 0.3) is 0 Å². The molecule has 18 heavy (non-hydrogen) atoms. The molecule has 0 saturated heterocycles. The van der Waals surface area contributed by atoms with Crippen molar-refractivity contribution in [3.05, 3.63) is 15.8 Å². The molecule has 0 unspecified atom stereocenters. The highest BCUT2D eigenvalue weighted by Crippen LogP contribution is 2.30. The lowest BCUT2D eigenvalue weighted by atomic mass is 10.1. The Hall–Kier alpha value is -1.07. The summed E-state index contributed by atoms with van der Waals surface area (Å²) in [5.41, 5.74) is -0.800. The summed E-state index contributed by atoms with van der Waals surface area (Å²) in [6, 6.07) is 1.79. The summed E-state index contributed by atoms with van der Waals surface area (Å²) in [5.74, 6) is -0.541. The fourth-order valence-corrected chi connectivity index (χ4v) is 2.50. The number of thiophene rings is 1. The Bertz CT molecular complexity index is 404. The van der Waals surface area contributed by atoms with Crippen molar-refractivity contribution in [2.45, 2.75) is 45.6 Å². The second kappa shape index (κ2) is 6.20. The molecule has 0 aliphatic carbocycles. The molecule has 4 nitrogen and oxygen atoms in total. The van der Waals surface area contributed by atoms with E-state index in [-0.39, 0.29) is 4.88 Å². The van der Waals surface area contributed by atoms with Gasteiger partial charge in [-0.2, -0.15) is 0 Å². The molecule has 1 rings (SSSR count). The van der Waals surface area contributed by atoms with Crippen LogP contribution >= 0.6 is 11.3 Å². The van der Waals surface area contributed by atoms with Crippen LogP contribution in [0.5, 0.6) is 5.75 Å². The number of aromatic carboxylic acids is 1. The summed E-state index contributed by atoms with van der Waals surface area (Å²) in [6.45, 7) is 5.76. The molecular formula is C13H20O4S. The molecule has 0 amide bonds. The highest BCUT2D eigenvalue weighted by atomic mass is 32.1. The molecule has 102 valence electrons. The number of rotatable bonds is 7. The first-order valence-corrected chi connectivity index (χ1v) is 6.86. The van der Waals surface area contributed by atoms with E-state index in [2.05, 4.69) is 6.92 Å². The highest BCUT2D eigenvalue weighted by Gasteiger charge is 2.18. The number of aryl methyl sites for hydroxylation is 1. The zero-order chi connectivity index (χ0) is 13.8. The number of aliphatic hydroxyl groups is 1. The van der Waals surface area contributed by atoms with Crippen LogP contribution in [-0.2, 0) is 6.42 Å². The molecule has 1 aromatic rings. The molecular weight excluding hydrogens is 252 g/mol. The quantitative estimate of drug-likeness (QED) is 0.801. The molecule has 0 aromatic carbocycles. The van der Waals surface area contributed by atoms with Crippen molar-refractivity contribution in [3.8, 4) is 5.75 Å². The van der Waals surface area contributed by atoms with E-state index in [1.807, 2.05) is 0 Å². The van der Waals surface area contributed by atoms with Gasteiger partial charge in [0.05, 0.1) is 12.2 Å². The van der Waals surface area contributed by atoms with Gasteiger partial charge in [0.2, 0.25) is 0 Å². The average Bonchev–Trinajstić information content (AvgIpc) is 2.60. The van der Waals surface area contributed by atoms with E-state index in [0.717, 1.165) is 17.7 Å². The zero-order valence-corrected chi connectivity index (χ0v) is 11.8. The van der Waals surface area contributed by atoms with Crippen LogP contribution in [-0.4, -0.2) is 28.4 Å². The lowest BCUT2D eigenvalue weighted by Gasteiger charge is -2.16. The van der Waals surface area contributed by atoms with Gasteiger partial charge in [-0.3, -0.25) is 0 Å². The van der Waals surface area contributed by atoms with Crippen molar-refractivity contribution >= 4 is 17.3 Å². The molecule has 1 heterocycles. The van der Waals surface area contributed by atoms with Gasteiger partial charge in [-0.25, -0.2) is 4.79 Å². The lowest BCUT2D eigenvalue weighted by Crippen LogP contribution is -2.22. The number of hydrogen-bond acceptors (Lipinski definition) is 4. The predicted molar refractivity (Wildman–Crippen MR) is 71.7 cm³/mol. The third-order valence-electron chi connectivity index (χ3n) is 2.41. The molecule has 1 aromatic heterocycles. The standard InChI is InChI=1S/C13H20O4S/c1-4-5-9-8-10(11(18-9)12(14)15)17-7-6-13(2,3)16/h8,16H,4-7H2,1-3H3,(H,14,15). The Morgan fingerprint density at radius 3 is 2.67 bits per heavy atom. The lowest BCUT2D eigenvalue weighted by molar-refractivity contribution is 0.0550. The fraction of sp³-hybridized carbons (Fsp3) is 0.615. The summed E-state index contributed by atoms with van der Waals surface area (Å²) in [7, 11) is 0. The minimum absolute atomic E-state index is 0.245. The molecule has 0 aliphatic rings. The number of carboxylic acid groups (broad SMARTS) is 1. The monoisotopic (exact) mass is 272 g/mol. The normalized spacial score (nSPS) is 11.6. The summed E-state index contributed by atoms with van der Waals surface area (Å²) in [6.07, 6.45) is 2.30. The second-order valence-corrected chi connectivity index (χ2v) is 6.01. The number of carbonyl (C=O) groups is 1. The second-order valence-electron chi connectivity index (χ2n) is 4.87. The van der Waals surface area contributed by atoms with Gasteiger partial charge in [0.1, 0.15) is 5.75 Å². The minimum Gasteiger partial charge on any atom is -0.492 e. The van der Waals surface area contributed by atoms with Gasteiger partial charge in [0, 0.05) is 11.3 Å². The summed E-state index contributed by atoms with van der Waals surface area (Å²) in [4.78, 5) is 12.3. The van der Waals surface area contributed by atoms with Crippen LogP contribution in [0.4, 0.5) is 0 Å². The average molecular weight is 272 g/mol. The smallest absolute Gasteiger partial charge is 0.349 e. The Kier molecular flexibility index (Phi) is 5.16. The molecule has 0 atom stereocenters. The maximum Gasteiger partial charge on any atom is 0.349 e. The maximum atomic E-state index is 11.1.